The normalized spacial score (nSPS) is 10.1. The highest BCUT2D eigenvalue weighted by atomic mass is 79.9. The fourth-order valence-electron chi connectivity index (χ4n) is 2.57. The maximum atomic E-state index is 12.5. The molecular weight excluding hydrogens is 454 g/mol. The number of nitrogens with zero attached hydrogens (tertiary/aromatic N) is 1. The molecule has 30 heavy (non-hydrogen) atoms. The minimum absolute atomic E-state index is 0.119. The van der Waals surface area contributed by atoms with Crippen molar-refractivity contribution in [3.05, 3.63) is 70.8 Å². The van der Waals surface area contributed by atoms with Crippen molar-refractivity contribution >= 4 is 33.6 Å². The minimum Gasteiger partial charge on any atom is -0.496 e. The summed E-state index contributed by atoms with van der Waals surface area (Å²) >= 11 is 3.37. The topological polar surface area (TPSA) is 98.8 Å². The Morgan fingerprint density at radius 3 is 2.27 bits per heavy atom. The third-order valence-corrected chi connectivity index (χ3v) is 4.39. The van der Waals surface area contributed by atoms with Crippen LogP contribution in [0.1, 0.15) is 10.4 Å². The van der Waals surface area contributed by atoms with Crippen LogP contribution in [-0.4, -0.2) is 31.1 Å². The van der Waals surface area contributed by atoms with Gasteiger partial charge in [-0.15, -0.1) is 0 Å². The van der Waals surface area contributed by atoms with Crippen molar-refractivity contribution < 1.29 is 23.8 Å². The lowest BCUT2D eigenvalue weighted by Gasteiger charge is -2.13. The van der Waals surface area contributed by atoms with Gasteiger partial charge in [-0.3, -0.25) is 10.1 Å². The van der Waals surface area contributed by atoms with Crippen LogP contribution in [0.4, 0.5) is 10.5 Å². The maximum Gasteiger partial charge on any atom is 0.326 e. The van der Waals surface area contributed by atoms with Crippen molar-refractivity contribution in [2.75, 3.05) is 19.5 Å². The molecule has 0 saturated heterocycles. The van der Waals surface area contributed by atoms with E-state index in [0.29, 0.717) is 17.3 Å². The highest BCUT2D eigenvalue weighted by molar-refractivity contribution is 9.10. The number of ether oxygens (including phenoxy) is 3. The van der Waals surface area contributed by atoms with E-state index >= 15 is 0 Å². The molecular formula is C21H18BrN3O5. The lowest BCUT2D eigenvalue weighted by atomic mass is 10.1. The van der Waals surface area contributed by atoms with Crippen LogP contribution in [0.15, 0.2) is 65.3 Å². The molecule has 0 bridgehead atoms. The Bertz CT molecular complexity index is 1030. The summed E-state index contributed by atoms with van der Waals surface area (Å²) in [4.78, 5) is 28.9. The van der Waals surface area contributed by atoms with Crippen molar-refractivity contribution in [1.29, 1.82) is 0 Å². The molecule has 3 aromatic rings. The van der Waals surface area contributed by atoms with E-state index in [-0.39, 0.29) is 17.1 Å². The lowest BCUT2D eigenvalue weighted by molar-refractivity contribution is 0.0961. The van der Waals surface area contributed by atoms with E-state index in [1.807, 2.05) is 12.1 Å². The van der Waals surface area contributed by atoms with Gasteiger partial charge in [-0.2, -0.15) is 0 Å². The first-order valence-electron chi connectivity index (χ1n) is 8.73. The molecule has 0 unspecified atom stereocenters. The highest BCUT2D eigenvalue weighted by Gasteiger charge is 2.20. The van der Waals surface area contributed by atoms with E-state index in [4.69, 9.17) is 14.2 Å². The molecule has 154 valence electrons. The number of imide groups is 1. The molecule has 0 spiro atoms. The maximum absolute atomic E-state index is 12.5. The van der Waals surface area contributed by atoms with Gasteiger partial charge in [0.1, 0.15) is 22.8 Å². The van der Waals surface area contributed by atoms with E-state index in [1.165, 1.54) is 20.4 Å². The zero-order chi connectivity index (χ0) is 21.5. The Balaban J connectivity index is 1.63. The summed E-state index contributed by atoms with van der Waals surface area (Å²) in [6.45, 7) is 0. The molecule has 0 aliphatic rings. The summed E-state index contributed by atoms with van der Waals surface area (Å²) in [6.07, 6.45) is 1.42. The van der Waals surface area contributed by atoms with Gasteiger partial charge in [0.25, 0.3) is 5.91 Å². The number of hydrogen-bond acceptors (Lipinski definition) is 6. The monoisotopic (exact) mass is 471 g/mol. The predicted molar refractivity (Wildman–Crippen MR) is 114 cm³/mol. The number of pyridine rings is 1. The third-order valence-electron chi connectivity index (χ3n) is 3.89. The first-order valence-corrected chi connectivity index (χ1v) is 9.52. The Hall–Kier alpha value is -3.59. The van der Waals surface area contributed by atoms with Gasteiger partial charge < -0.3 is 19.5 Å². The summed E-state index contributed by atoms with van der Waals surface area (Å²) in [5.74, 6) is 0.885. The third kappa shape index (κ3) is 5.26. The largest absolute Gasteiger partial charge is 0.496 e. The zero-order valence-electron chi connectivity index (χ0n) is 16.1. The Labute approximate surface area is 181 Å². The Morgan fingerprint density at radius 1 is 0.967 bits per heavy atom. The molecule has 0 fully saturated rings. The molecule has 3 amide bonds. The fourth-order valence-corrected chi connectivity index (χ4v) is 2.95. The highest BCUT2D eigenvalue weighted by Crippen LogP contribution is 2.28. The molecule has 1 heterocycles. The lowest BCUT2D eigenvalue weighted by Crippen LogP contribution is -2.34. The van der Waals surface area contributed by atoms with E-state index in [1.54, 1.807) is 42.5 Å². The van der Waals surface area contributed by atoms with Crippen molar-refractivity contribution in [2.24, 2.45) is 0 Å². The van der Waals surface area contributed by atoms with Gasteiger partial charge in [0.15, 0.2) is 0 Å². The number of rotatable bonds is 6. The number of hydrogen-bond donors (Lipinski definition) is 2. The van der Waals surface area contributed by atoms with Gasteiger partial charge in [0, 0.05) is 10.5 Å². The first-order chi connectivity index (χ1) is 14.5. The molecule has 2 N–H and O–H groups in total. The quantitative estimate of drug-likeness (QED) is 0.544. The summed E-state index contributed by atoms with van der Waals surface area (Å²) in [5.41, 5.74) is 0.502. The summed E-state index contributed by atoms with van der Waals surface area (Å²) in [6, 6.07) is 14.7. The van der Waals surface area contributed by atoms with Crippen LogP contribution in [0.3, 0.4) is 0 Å². The SMILES string of the molecule is COc1cccc(OC)c1C(=O)NC(=O)Nc1ccc(Oc2cccc(Br)c2)nc1. The number of nitrogens with one attached hydrogen (secondary N) is 2. The summed E-state index contributed by atoms with van der Waals surface area (Å²) in [7, 11) is 2.85. The second kappa shape index (κ2) is 9.75. The van der Waals surface area contributed by atoms with E-state index < -0.39 is 11.9 Å². The van der Waals surface area contributed by atoms with Crippen LogP contribution in [0, 0.1) is 0 Å². The van der Waals surface area contributed by atoms with Gasteiger partial charge in [-0.05, 0) is 36.4 Å². The number of halogens is 1. The molecule has 3 rings (SSSR count). The molecule has 8 nitrogen and oxygen atoms in total. The molecule has 9 heteroatoms. The van der Waals surface area contributed by atoms with Crippen LogP contribution >= 0.6 is 15.9 Å². The Morgan fingerprint density at radius 2 is 1.67 bits per heavy atom. The van der Waals surface area contributed by atoms with Crippen LogP contribution in [0.2, 0.25) is 0 Å². The smallest absolute Gasteiger partial charge is 0.326 e. The van der Waals surface area contributed by atoms with Crippen LogP contribution < -0.4 is 24.8 Å². The van der Waals surface area contributed by atoms with E-state index in [2.05, 4.69) is 31.5 Å². The van der Waals surface area contributed by atoms with Crippen molar-refractivity contribution in [3.63, 3.8) is 0 Å². The second-order valence-electron chi connectivity index (χ2n) is 5.89. The van der Waals surface area contributed by atoms with E-state index in [9.17, 15) is 9.59 Å². The number of anilines is 1. The minimum atomic E-state index is -0.726. The molecule has 0 saturated carbocycles. The number of aromatic nitrogens is 1. The van der Waals surface area contributed by atoms with Gasteiger partial charge in [0.2, 0.25) is 5.88 Å². The van der Waals surface area contributed by atoms with Gasteiger partial charge in [0.05, 0.1) is 26.1 Å². The van der Waals surface area contributed by atoms with Crippen molar-refractivity contribution in [2.45, 2.75) is 0 Å². The average molecular weight is 472 g/mol. The number of amides is 3. The molecule has 0 radical (unpaired) electrons. The molecule has 0 atom stereocenters. The number of benzene rings is 2. The standard InChI is InChI=1S/C21H18BrN3O5/c1-28-16-7-4-8-17(29-2)19(16)20(26)25-21(27)24-14-9-10-18(23-12-14)30-15-6-3-5-13(22)11-15/h3-12H,1-2H3,(H2,24,25,26,27). The molecule has 0 aliphatic heterocycles. The predicted octanol–water partition coefficient (Wildman–Crippen LogP) is 4.62. The van der Waals surface area contributed by atoms with Crippen LogP contribution in [-0.2, 0) is 0 Å². The number of methoxy groups -OCH3 is 2. The fraction of sp³-hybridized carbons (Fsp3) is 0.0952. The van der Waals surface area contributed by atoms with Gasteiger partial charge in [-0.25, -0.2) is 9.78 Å². The van der Waals surface area contributed by atoms with Crippen LogP contribution in [0.5, 0.6) is 23.1 Å². The van der Waals surface area contributed by atoms with Gasteiger partial charge >= 0.3 is 6.03 Å². The number of carbonyl (C=O) groups is 2. The second-order valence-corrected chi connectivity index (χ2v) is 6.81. The zero-order valence-corrected chi connectivity index (χ0v) is 17.7. The number of urea groups is 1. The summed E-state index contributed by atoms with van der Waals surface area (Å²) < 4.78 is 16.9. The first kappa shape index (κ1) is 21.1. The average Bonchev–Trinajstić information content (AvgIpc) is 2.74. The Kier molecular flexibility index (Phi) is 6.87. The number of carbonyl (C=O) groups excluding carboxylic acids is 2. The molecule has 0 aliphatic carbocycles. The molecule has 1 aromatic heterocycles. The molecule has 2 aromatic carbocycles. The van der Waals surface area contributed by atoms with Crippen LogP contribution in [0.25, 0.3) is 0 Å². The van der Waals surface area contributed by atoms with Gasteiger partial charge in [-0.1, -0.05) is 28.1 Å². The van der Waals surface area contributed by atoms with E-state index in [0.717, 1.165) is 4.47 Å². The van der Waals surface area contributed by atoms with Crippen molar-refractivity contribution in [1.82, 2.24) is 10.3 Å². The van der Waals surface area contributed by atoms with Crippen molar-refractivity contribution in [3.8, 4) is 23.1 Å². The summed E-state index contributed by atoms with van der Waals surface area (Å²) in [5, 5.41) is 4.78.